The molecule has 0 aliphatic carbocycles. The summed E-state index contributed by atoms with van der Waals surface area (Å²) in [6, 6.07) is 2.36. The zero-order valence-electron chi connectivity index (χ0n) is 12.7. The fourth-order valence-electron chi connectivity index (χ4n) is 2.60. The van der Waals surface area contributed by atoms with Crippen LogP contribution in [0.1, 0.15) is 18.9 Å². The lowest BCUT2D eigenvalue weighted by Crippen LogP contribution is -2.41. The van der Waals surface area contributed by atoms with Crippen molar-refractivity contribution in [1.82, 2.24) is 4.90 Å². The lowest BCUT2D eigenvalue weighted by molar-refractivity contribution is -0.141. The highest BCUT2D eigenvalue weighted by atomic mass is 35.5. The largest absolute Gasteiger partial charge is 0.481 e. The van der Waals surface area contributed by atoms with Gasteiger partial charge in [-0.05, 0) is 38.1 Å². The molecule has 0 aromatic heterocycles. The molecule has 1 amide bonds. The SMILES string of the molecule is CC(C(=O)Nc1ccc(Cl)cc1C(F)(F)F)N1CCC(C(=O)O)C1. The van der Waals surface area contributed by atoms with Crippen LogP contribution in [0.4, 0.5) is 18.9 Å². The molecule has 1 fully saturated rings. The molecule has 9 heteroatoms. The van der Waals surface area contributed by atoms with Crippen LogP contribution in [0.25, 0.3) is 0 Å². The molecule has 0 bridgehead atoms. The average molecular weight is 365 g/mol. The van der Waals surface area contributed by atoms with Crippen molar-refractivity contribution in [3.8, 4) is 0 Å². The number of carboxylic acids is 1. The summed E-state index contributed by atoms with van der Waals surface area (Å²) in [4.78, 5) is 24.8. The predicted octanol–water partition coefficient (Wildman–Crippen LogP) is 3.09. The summed E-state index contributed by atoms with van der Waals surface area (Å²) in [5, 5.41) is 11.1. The summed E-state index contributed by atoms with van der Waals surface area (Å²) in [7, 11) is 0. The number of carboxylic acid groups (broad SMARTS) is 1. The number of carbonyl (C=O) groups excluding carboxylic acids is 1. The number of likely N-dealkylation sites (tertiary alicyclic amines) is 1. The monoisotopic (exact) mass is 364 g/mol. The summed E-state index contributed by atoms with van der Waals surface area (Å²) < 4.78 is 39.1. The highest BCUT2D eigenvalue weighted by molar-refractivity contribution is 6.30. The van der Waals surface area contributed by atoms with Crippen LogP contribution >= 0.6 is 11.6 Å². The number of aliphatic carboxylic acids is 1. The molecule has 24 heavy (non-hydrogen) atoms. The third-order valence-corrected chi connectivity index (χ3v) is 4.28. The van der Waals surface area contributed by atoms with Crippen molar-refractivity contribution in [3.05, 3.63) is 28.8 Å². The van der Waals surface area contributed by atoms with E-state index in [0.717, 1.165) is 12.1 Å². The molecule has 1 heterocycles. The van der Waals surface area contributed by atoms with Crippen molar-refractivity contribution in [2.75, 3.05) is 18.4 Å². The number of hydrogen-bond acceptors (Lipinski definition) is 3. The molecule has 0 radical (unpaired) electrons. The second-order valence-electron chi connectivity index (χ2n) is 5.67. The van der Waals surface area contributed by atoms with E-state index in [1.807, 2.05) is 0 Å². The number of nitrogens with one attached hydrogen (secondary N) is 1. The molecule has 1 aliphatic heterocycles. The number of alkyl halides is 3. The molecule has 0 spiro atoms. The Labute approximate surface area is 141 Å². The standard InChI is InChI=1S/C15H16ClF3N2O3/c1-8(21-5-4-9(7-21)14(23)24)13(22)20-12-3-2-10(16)6-11(12)15(17,18)19/h2-3,6,8-9H,4-5,7H2,1H3,(H,20,22)(H,23,24). The van der Waals surface area contributed by atoms with Gasteiger partial charge < -0.3 is 10.4 Å². The third kappa shape index (κ3) is 4.18. The Morgan fingerprint density at radius 1 is 1.42 bits per heavy atom. The molecule has 132 valence electrons. The number of halogens is 4. The van der Waals surface area contributed by atoms with Crippen molar-refractivity contribution in [2.24, 2.45) is 5.92 Å². The van der Waals surface area contributed by atoms with Crippen LogP contribution < -0.4 is 5.32 Å². The Kier molecular flexibility index (Phi) is 5.39. The second kappa shape index (κ2) is 6.98. The van der Waals surface area contributed by atoms with Gasteiger partial charge in [0, 0.05) is 11.6 Å². The molecule has 2 N–H and O–H groups in total. The number of rotatable bonds is 4. The normalized spacial score (nSPS) is 20.0. The van der Waals surface area contributed by atoms with Gasteiger partial charge in [-0.3, -0.25) is 14.5 Å². The summed E-state index contributed by atoms with van der Waals surface area (Å²) >= 11 is 5.59. The zero-order chi connectivity index (χ0) is 18.1. The van der Waals surface area contributed by atoms with Gasteiger partial charge in [-0.2, -0.15) is 13.2 Å². The first-order chi connectivity index (χ1) is 11.1. The van der Waals surface area contributed by atoms with E-state index in [4.69, 9.17) is 16.7 Å². The number of amides is 1. The molecule has 1 aromatic rings. The van der Waals surface area contributed by atoms with E-state index < -0.39 is 35.6 Å². The van der Waals surface area contributed by atoms with Crippen LogP contribution in [-0.2, 0) is 15.8 Å². The minimum atomic E-state index is -4.65. The summed E-state index contributed by atoms with van der Waals surface area (Å²) in [6.45, 7) is 2.12. The van der Waals surface area contributed by atoms with Gasteiger partial charge in [0.1, 0.15) is 0 Å². The highest BCUT2D eigenvalue weighted by Gasteiger charge is 2.36. The fourth-order valence-corrected chi connectivity index (χ4v) is 2.78. The summed E-state index contributed by atoms with van der Waals surface area (Å²) in [5.74, 6) is -2.14. The topological polar surface area (TPSA) is 69.6 Å². The van der Waals surface area contributed by atoms with Gasteiger partial charge in [0.05, 0.1) is 23.2 Å². The van der Waals surface area contributed by atoms with Crippen molar-refractivity contribution in [1.29, 1.82) is 0 Å². The number of carbonyl (C=O) groups is 2. The Morgan fingerprint density at radius 3 is 2.62 bits per heavy atom. The highest BCUT2D eigenvalue weighted by Crippen LogP contribution is 2.36. The fraction of sp³-hybridized carbons (Fsp3) is 0.467. The van der Waals surface area contributed by atoms with Gasteiger partial charge in [-0.15, -0.1) is 0 Å². The molecular formula is C15H16ClF3N2O3. The van der Waals surface area contributed by atoms with E-state index in [1.54, 1.807) is 4.90 Å². The van der Waals surface area contributed by atoms with Crippen LogP contribution in [0.5, 0.6) is 0 Å². The summed E-state index contributed by atoms with van der Waals surface area (Å²) in [5.41, 5.74) is -1.40. The van der Waals surface area contributed by atoms with E-state index in [2.05, 4.69) is 5.32 Å². The van der Waals surface area contributed by atoms with Crippen molar-refractivity contribution >= 4 is 29.2 Å². The maximum absolute atomic E-state index is 13.0. The van der Waals surface area contributed by atoms with Crippen molar-refractivity contribution < 1.29 is 27.9 Å². The zero-order valence-corrected chi connectivity index (χ0v) is 13.5. The Balaban J connectivity index is 2.11. The minimum Gasteiger partial charge on any atom is -0.481 e. The Bertz CT molecular complexity index is 651. The molecule has 1 saturated heterocycles. The first kappa shape index (κ1) is 18.5. The van der Waals surface area contributed by atoms with Crippen LogP contribution in [0.2, 0.25) is 5.02 Å². The Hall–Kier alpha value is -1.80. The number of nitrogens with zero attached hydrogens (tertiary/aromatic N) is 1. The molecule has 2 atom stereocenters. The van der Waals surface area contributed by atoms with E-state index in [-0.39, 0.29) is 17.3 Å². The Morgan fingerprint density at radius 2 is 2.08 bits per heavy atom. The van der Waals surface area contributed by atoms with E-state index in [0.29, 0.717) is 13.0 Å². The molecule has 2 rings (SSSR count). The van der Waals surface area contributed by atoms with Crippen LogP contribution in [0, 0.1) is 5.92 Å². The molecule has 1 aliphatic rings. The van der Waals surface area contributed by atoms with Gasteiger partial charge in [-0.1, -0.05) is 11.6 Å². The minimum absolute atomic E-state index is 0.0859. The van der Waals surface area contributed by atoms with E-state index in [9.17, 15) is 22.8 Å². The van der Waals surface area contributed by atoms with Crippen LogP contribution in [0.15, 0.2) is 18.2 Å². The lowest BCUT2D eigenvalue weighted by atomic mass is 10.1. The number of hydrogen-bond donors (Lipinski definition) is 2. The molecule has 0 saturated carbocycles. The van der Waals surface area contributed by atoms with Gasteiger partial charge in [-0.25, -0.2) is 0 Å². The quantitative estimate of drug-likeness (QED) is 0.861. The van der Waals surface area contributed by atoms with Gasteiger partial charge in [0.25, 0.3) is 0 Å². The molecular weight excluding hydrogens is 349 g/mol. The summed E-state index contributed by atoms with van der Waals surface area (Å²) in [6.07, 6.45) is -4.25. The molecule has 5 nitrogen and oxygen atoms in total. The van der Waals surface area contributed by atoms with Gasteiger partial charge in [0.2, 0.25) is 5.91 Å². The first-order valence-corrected chi connectivity index (χ1v) is 7.62. The van der Waals surface area contributed by atoms with Crippen LogP contribution in [0.3, 0.4) is 0 Å². The first-order valence-electron chi connectivity index (χ1n) is 7.24. The molecule has 2 unspecified atom stereocenters. The third-order valence-electron chi connectivity index (χ3n) is 4.04. The lowest BCUT2D eigenvalue weighted by Gasteiger charge is -2.24. The van der Waals surface area contributed by atoms with Crippen molar-refractivity contribution in [3.63, 3.8) is 0 Å². The van der Waals surface area contributed by atoms with Gasteiger partial charge in [0.15, 0.2) is 0 Å². The predicted molar refractivity (Wildman–Crippen MR) is 81.9 cm³/mol. The average Bonchev–Trinajstić information content (AvgIpc) is 2.97. The number of benzene rings is 1. The van der Waals surface area contributed by atoms with E-state index in [1.165, 1.54) is 13.0 Å². The second-order valence-corrected chi connectivity index (χ2v) is 6.11. The smallest absolute Gasteiger partial charge is 0.418 e. The van der Waals surface area contributed by atoms with Crippen molar-refractivity contribution in [2.45, 2.75) is 25.6 Å². The maximum Gasteiger partial charge on any atom is 0.418 e. The number of anilines is 1. The van der Waals surface area contributed by atoms with E-state index >= 15 is 0 Å². The van der Waals surface area contributed by atoms with Gasteiger partial charge >= 0.3 is 12.1 Å². The molecule has 1 aromatic carbocycles. The maximum atomic E-state index is 13.0. The van der Waals surface area contributed by atoms with Crippen LogP contribution in [-0.4, -0.2) is 41.0 Å².